The minimum absolute atomic E-state index is 0.540. The first-order valence-electron chi connectivity index (χ1n) is 5.17. The molecule has 1 aromatic heterocycles. The molecule has 2 N–H and O–H groups in total. The van der Waals surface area contributed by atoms with Crippen LogP contribution < -0.4 is 5.46 Å². The summed E-state index contributed by atoms with van der Waals surface area (Å²) < 4.78 is 2.13. The second-order valence-corrected chi connectivity index (χ2v) is 3.70. The Morgan fingerprint density at radius 1 is 1.27 bits per heavy atom. The molecule has 0 aliphatic heterocycles. The molecule has 1 heterocycles. The molecule has 0 saturated carbocycles. The van der Waals surface area contributed by atoms with Crippen molar-refractivity contribution in [3.8, 4) is 0 Å². The van der Waals surface area contributed by atoms with Gasteiger partial charge in [0.2, 0.25) is 0 Å². The molecular weight excluding hydrogens is 189 g/mol. The van der Waals surface area contributed by atoms with E-state index in [0.717, 1.165) is 23.9 Å². The number of aryl methyl sites for hydroxylation is 1. The van der Waals surface area contributed by atoms with E-state index in [1.54, 1.807) is 6.07 Å². The van der Waals surface area contributed by atoms with Crippen molar-refractivity contribution in [2.45, 2.75) is 19.9 Å². The number of hydrogen-bond donors (Lipinski definition) is 2. The van der Waals surface area contributed by atoms with Crippen LogP contribution in [0.1, 0.15) is 13.3 Å². The second-order valence-electron chi connectivity index (χ2n) is 3.70. The van der Waals surface area contributed by atoms with Gasteiger partial charge in [-0.25, -0.2) is 0 Å². The predicted octanol–water partition coefficient (Wildman–Crippen LogP) is 0.731. The molecule has 2 aromatic rings. The molecule has 15 heavy (non-hydrogen) atoms. The maximum atomic E-state index is 9.09. The van der Waals surface area contributed by atoms with Crippen molar-refractivity contribution in [1.82, 2.24) is 4.57 Å². The van der Waals surface area contributed by atoms with Gasteiger partial charge in [-0.1, -0.05) is 19.1 Å². The Bertz CT molecular complexity index is 465. The summed E-state index contributed by atoms with van der Waals surface area (Å²) in [5.74, 6) is 0. The molecule has 2 rings (SSSR count). The highest BCUT2D eigenvalue weighted by molar-refractivity contribution is 6.58. The summed E-state index contributed by atoms with van der Waals surface area (Å²) in [4.78, 5) is 0. The van der Waals surface area contributed by atoms with Gasteiger partial charge in [-0.15, -0.1) is 0 Å². The third-order valence-electron chi connectivity index (χ3n) is 2.56. The average Bonchev–Trinajstić information content (AvgIpc) is 2.61. The van der Waals surface area contributed by atoms with Gasteiger partial charge in [0, 0.05) is 18.3 Å². The summed E-state index contributed by atoms with van der Waals surface area (Å²) >= 11 is 0. The molecule has 0 aliphatic rings. The van der Waals surface area contributed by atoms with Crippen LogP contribution in [0.3, 0.4) is 0 Å². The van der Waals surface area contributed by atoms with Crippen molar-refractivity contribution in [2.24, 2.45) is 0 Å². The zero-order valence-electron chi connectivity index (χ0n) is 8.72. The van der Waals surface area contributed by atoms with Crippen LogP contribution in [0, 0.1) is 0 Å². The zero-order chi connectivity index (χ0) is 10.8. The Labute approximate surface area is 89.1 Å². The van der Waals surface area contributed by atoms with Crippen LogP contribution in [0.15, 0.2) is 30.5 Å². The van der Waals surface area contributed by atoms with Crippen LogP contribution in [-0.4, -0.2) is 21.7 Å². The fourth-order valence-corrected chi connectivity index (χ4v) is 1.80. The highest BCUT2D eigenvalue weighted by Gasteiger charge is 2.11. The van der Waals surface area contributed by atoms with Crippen LogP contribution in [0.25, 0.3) is 10.9 Å². The number of aromatic nitrogens is 1. The largest absolute Gasteiger partial charge is 0.488 e. The van der Waals surface area contributed by atoms with Gasteiger partial charge in [0.05, 0.1) is 0 Å². The van der Waals surface area contributed by atoms with Crippen LogP contribution in [0.2, 0.25) is 0 Å². The third kappa shape index (κ3) is 1.91. The molecule has 78 valence electrons. The van der Waals surface area contributed by atoms with Gasteiger partial charge in [0.25, 0.3) is 0 Å². The summed E-state index contributed by atoms with van der Waals surface area (Å²) in [5.41, 5.74) is 1.60. The Morgan fingerprint density at radius 3 is 2.73 bits per heavy atom. The molecule has 0 radical (unpaired) electrons. The highest BCUT2D eigenvalue weighted by atomic mass is 16.4. The normalized spacial score (nSPS) is 10.9. The highest BCUT2D eigenvalue weighted by Crippen LogP contribution is 2.14. The van der Waals surface area contributed by atoms with E-state index >= 15 is 0 Å². The summed E-state index contributed by atoms with van der Waals surface area (Å²) in [7, 11) is -1.39. The number of hydrogen-bond acceptors (Lipinski definition) is 2. The quantitative estimate of drug-likeness (QED) is 0.722. The molecule has 0 atom stereocenters. The molecule has 0 fully saturated rings. The zero-order valence-corrected chi connectivity index (χ0v) is 8.72. The smallest absolute Gasteiger partial charge is 0.423 e. The van der Waals surface area contributed by atoms with Gasteiger partial charge >= 0.3 is 7.12 Å². The molecular formula is C11H14BNO2. The summed E-state index contributed by atoms with van der Waals surface area (Å²) in [5, 5.41) is 19.3. The van der Waals surface area contributed by atoms with Gasteiger partial charge in [-0.3, -0.25) is 0 Å². The van der Waals surface area contributed by atoms with Gasteiger partial charge in [0.15, 0.2) is 0 Å². The van der Waals surface area contributed by atoms with Crippen molar-refractivity contribution in [3.63, 3.8) is 0 Å². The lowest BCUT2D eigenvalue weighted by Crippen LogP contribution is -2.29. The van der Waals surface area contributed by atoms with Gasteiger partial charge < -0.3 is 14.6 Å². The Kier molecular flexibility index (Phi) is 2.80. The Hall–Kier alpha value is -1.26. The van der Waals surface area contributed by atoms with E-state index in [2.05, 4.69) is 11.5 Å². The molecule has 3 nitrogen and oxygen atoms in total. The molecule has 0 bridgehead atoms. The standard InChI is InChI=1S/C11H14BNO2/c1-2-6-13-7-5-9-3-4-10(12(14)15)8-11(9)13/h3-5,7-8,14-15H,2,6H2,1H3. The molecule has 0 unspecified atom stereocenters. The maximum Gasteiger partial charge on any atom is 0.488 e. The van der Waals surface area contributed by atoms with E-state index in [9.17, 15) is 0 Å². The van der Waals surface area contributed by atoms with E-state index in [-0.39, 0.29) is 0 Å². The first kappa shape index (κ1) is 10.3. The lowest BCUT2D eigenvalue weighted by atomic mass is 9.80. The summed E-state index contributed by atoms with van der Waals surface area (Å²) in [6.45, 7) is 3.07. The third-order valence-corrected chi connectivity index (χ3v) is 2.56. The summed E-state index contributed by atoms with van der Waals surface area (Å²) in [6, 6.07) is 7.52. The number of rotatable bonds is 3. The lowest BCUT2D eigenvalue weighted by Gasteiger charge is -2.04. The molecule has 0 amide bonds. The topological polar surface area (TPSA) is 45.4 Å². The minimum Gasteiger partial charge on any atom is -0.423 e. The van der Waals surface area contributed by atoms with Gasteiger partial charge in [-0.05, 0) is 29.4 Å². The predicted molar refractivity (Wildman–Crippen MR) is 62.1 cm³/mol. The molecule has 0 spiro atoms. The first-order chi connectivity index (χ1) is 7.22. The van der Waals surface area contributed by atoms with Crippen molar-refractivity contribution < 1.29 is 10.0 Å². The fourth-order valence-electron chi connectivity index (χ4n) is 1.80. The Balaban J connectivity index is 2.51. The average molecular weight is 203 g/mol. The molecule has 4 heteroatoms. The van der Waals surface area contributed by atoms with Crippen LogP contribution in [0.4, 0.5) is 0 Å². The van der Waals surface area contributed by atoms with Crippen LogP contribution in [0.5, 0.6) is 0 Å². The SMILES string of the molecule is CCCn1ccc2ccc(B(O)O)cc21. The Morgan fingerprint density at radius 2 is 2.07 bits per heavy atom. The second kappa shape index (κ2) is 4.09. The van der Waals surface area contributed by atoms with E-state index in [1.807, 2.05) is 24.4 Å². The van der Waals surface area contributed by atoms with E-state index < -0.39 is 7.12 Å². The van der Waals surface area contributed by atoms with Crippen molar-refractivity contribution in [1.29, 1.82) is 0 Å². The maximum absolute atomic E-state index is 9.09. The van der Waals surface area contributed by atoms with Crippen LogP contribution >= 0.6 is 0 Å². The lowest BCUT2D eigenvalue weighted by molar-refractivity contribution is 0.426. The van der Waals surface area contributed by atoms with Gasteiger partial charge in [0.1, 0.15) is 0 Å². The van der Waals surface area contributed by atoms with E-state index in [0.29, 0.717) is 5.46 Å². The number of benzene rings is 1. The van der Waals surface area contributed by atoms with Gasteiger partial charge in [-0.2, -0.15) is 0 Å². The van der Waals surface area contributed by atoms with Crippen LogP contribution in [-0.2, 0) is 6.54 Å². The number of nitrogens with zero attached hydrogens (tertiary/aromatic N) is 1. The minimum atomic E-state index is -1.39. The summed E-state index contributed by atoms with van der Waals surface area (Å²) in [6.07, 6.45) is 3.09. The molecule has 1 aromatic carbocycles. The molecule has 0 aliphatic carbocycles. The fraction of sp³-hybridized carbons (Fsp3) is 0.273. The van der Waals surface area contributed by atoms with E-state index in [1.165, 1.54) is 0 Å². The van der Waals surface area contributed by atoms with Crippen molar-refractivity contribution in [2.75, 3.05) is 0 Å². The first-order valence-corrected chi connectivity index (χ1v) is 5.17. The van der Waals surface area contributed by atoms with E-state index in [4.69, 9.17) is 10.0 Å². The van der Waals surface area contributed by atoms with Crippen molar-refractivity contribution in [3.05, 3.63) is 30.5 Å². The molecule has 0 saturated heterocycles. The number of fused-ring (bicyclic) bond motifs is 1. The monoisotopic (exact) mass is 203 g/mol. The van der Waals surface area contributed by atoms with Crippen molar-refractivity contribution >= 4 is 23.5 Å².